The van der Waals surface area contributed by atoms with Gasteiger partial charge in [0.15, 0.2) is 0 Å². The van der Waals surface area contributed by atoms with Gasteiger partial charge in [0.1, 0.15) is 0 Å². The Balaban J connectivity index is 3.60. The first-order valence-corrected chi connectivity index (χ1v) is 4.21. The van der Waals surface area contributed by atoms with Crippen molar-refractivity contribution in [1.29, 1.82) is 0 Å². The summed E-state index contributed by atoms with van der Waals surface area (Å²) in [4.78, 5) is 0. The maximum Gasteiger partial charge on any atom is -0.0232 e. The van der Waals surface area contributed by atoms with Gasteiger partial charge in [0.05, 0.1) is 0 Å². The smallest absolute Gasteiger partial charge is 0.0232 e. The Morgan fingerprint density at radius 2 is 0.833 bits per heavy atom. The van der Waals surface area contributed by atoms with Gasteiger partial charge < -0.3 is 0 Å². The minimum Gasteiger partial charge on any atom is -0.0447 e. The van der Waals surface area contributed by atoms with E-state index in [1.165, 1.54) is 22.3 Å². The minimum atomic E-state index is 1.09. The molecular weight excluding hydrogens is 144 g/mol. The molecule has 0 aromatic heterocycles. The van der Waals surface area contributed by atoms with Gasteiger partial charge in [-0.25, -0.2) is 0 Å². The van der Waals surface area contributed by atoms with E-state index in [4.69, 9.17) is 0 Å². The standard InChI is InChI=1S/C12H16/c1-7-8(2)10(4)12(6)11(5)9(7)3/h1-2H2,3-6H3. The van der Waals surface area contributed by atoms with E-state index < -0.39 is 0 Å². The van der Waals surface area contributed by atoms with Crippen LogP contribution in [0.5, 0.6) is 0 Å². The Labute approximate surface area is 75.6 Å². The second kappa shape index (κ2) is 2.93. The van der Waals surface area contributed by atoms with E-state index in [0.29, 0.717) is 0 Å². The highest BCUT2D eigenvalue weighted by atomic mass is 14.1. The van der Waals surface area contributed by atoms with Crippen molar-refractivity contribution in [2.75, 3.05) is 0 Å². The maximum atomic E-state index is 4.02. The van der Waals surface area contributed by atoms with E-state index in [-0.39, 0.29) is 0 Å². The molecule has 0 unspecified atom stereocenters. The monoisotopic (exact) mass is 160 g/mol. The van der Waals surface area contributed by atoms with Crippen molar-refractivity contribution in [1.82, 2.24) is 0 Å². The number of benzene rings is 1. The van der Waals surface area contributed by atoms with E-state index in [0.717, 1.165) is 11.1 Å². The third-order valence-electron chi connectivity index (χ3n) is 2.96. The van der Waals surface area contributed by atoms with E-state index in [1.54, 1.807) is 0 Å². The molecule has 64 valence electrons. The highest BCUT2D eigenvalue weighted by Gasteiger charge is 2.07. The quantitative estimate of drug-likeness (QED) is 0.546. The Kier molecular flexibility index (Phi) is 2.27. The zero-order chi connectivity index (χ0) is 9.46. The van der Waals surface area contributed by atoms with Crippen LogP contribution in [0.2, 0.25) is 0 Å². The fourth-order valence-corrected chi connectivity index (χ4v) is 1.47. The summed E-state index contributed by atoms with van der Waals surface area (Å²) in [5.74, 6) is 0. The molecule has 0 atom stereocenters. The van der Waals surface area contributed by atoms with Crippen LogP contribution in [0, 0.1) is 41.5 Å². The lowest BCUT2D eigenvalue weighted by Crippen LogP contribution is -1.98. The lowest BCUT2D eigenvalue weighted by molar-refractivity contribution is 1.18. The molecule has 0 heterocycles. The maximum absolute atomic E-state index is 4.02. The fraction of sp³-hybridized carbons (Fsp3) is 0.333. The first-order chi connectivity index (χ1) is 5.46. The Hall–Kier alpha value is -0.780. The van der Waals surface area contributed by atoms with Crippen LogP contribution >= 0.6 is 0 Å². The molecule has 1 aromatic carbocycles. The molecule has 0 spiro atoms. The van der Waals surface area contributed by atoms with Crippen LogP contribution in [0.4, 0.5) is 0 Å². The molecule has 0 nitrogen and oxygen atoms in total. The molecule has 0 aliphatic carbocycles. The highest BCUT2D eigenvalue weighted by molar-refractivity contribution is 5.52. The third-order valence-corrected chi connectivity index (χ3v) is 2.96. The summed E-state index contributed by atoms with van der Waals surface area (Å²) in [5.41, 5.74) is 7.45. The van der Waals surface area contributed by atoms with Gasteiger partial charge in [-0.05, 0) is 74.9 Å². The summed E-state index contributed by atoms with van der Waals surface area (Å²) >= 11 is 0. The van der Waals surface area contributed by atoms with Crippen LogP contribution in [-0.2, 0) is 0 Å². The van der Waals surface area contributed by atoms with E-state index in [2.05, 4.69) is 41.5 Å². The fourth-order valence-electron chi connectivity index (χ4n) is 1.47. The first-order valence-electron chi connectivity index (χ1n) is 4.21. The topological polar surface area (TPSA) is 0 Å². The average molecular weight is 160 g/mol. The molecule has 0 saturated heterocycles. The molecule has 0 N–H and O–H groups in total. The van der Waals surface area contributed by atoms with Gasteiger partial charge in [0.2, 0.25) is 0 Å². The zero-order valence-electron chi connectivity index (χ0n) is 8.41. The van der Waals surface area contributed by atoms with Crippen molar-refractivity contribution in [2.45, 2.75) is 27.7 Å². The predicted octanol–water partition coefficient (Wildman–Crippen LogP) is 3.28. The highest BCUT2D eigenvalue weighted by Crippen LogP contribution is 2.24. The van der Waals surface area contributed by atoms with Crippen molar-refractivity contribution < 1.29 is 0 Å². The summed E-state index contributed by atoms with van der Waals surface area (Å²) < 4.78 is 0. The molecule has 0 heteroatoms. The second-order valence-electron chi connectivity index (χ2n) is 3.46. The minimum absolute atomic E-state index is 1.09. The Morgan fingerprint density at radius 1 is 0.583 bits per heavy atom. The second-order valence-corrected chi connectivity index (χ2v) is 3.46. The molecule has 0 amide bonds. The largest absolute Gasteiger partial charge is 0.0447 e. The zero-order valence-corrected chi connectivity index (χ0v) is 8.41. The van der Waals surface area contributed by atoms with Crippen molar-refractivity contribution in [3.05, 3.63) is 47.2 Å². The molecule has 1 rings (SSSR count). The Bertz CT molecular complexity index is 214. The molecular formula is C12H16. The van der Waals surface area contributed by atoms with Crippen molar-refractivity contribution in [3.63, 3.8) is 0 Å². The SMILES string of the molecule is [CH2]c1c([CH2])c(C)c(C)c(C)c1C. The normalized spacial score (nSPS) is 10.5. The van der Waals surface area contributed by atoms with E-state index >= 15 is 0 Å². The lowest BCUT2D eigenvalue weighted by Gasteiger charge is -2.15. The lowest BCUT2D eigenvalue weighted by atomic mass is 9.90. The van der Waals surface area contributed by atoms with Crippen LogP contribution in [0.25, 0.3) is 0 Å². The van der Waals surface area contributed by atoms with Gasteiger partial charge in [0.25, 0.3) is 0 Å². The molecule has 0 bridgehead atoms. The summed E-state index contributed by atoms with van der Waals surface area (Å²) in [6.45, 7) is 16.5. The molecule has 0 aliphatic rings. The van der Waals surface area contributed by atoms with Crippen LogP contribution in [0.3, 0.4) is 0 Å². The van der Waals surface area contributed by atoms with Crippen LogP contribution < -0.4 is 0 Å². The number of hydrogen-bond acceptors (Lipinski definition) is 0. The molecule has 12 heavy (non-hydrogen) atoms. The summed E-state index contributed by atoms with van der Waals surface area (Å²) in [7, 11) is 0. The summed E-state index contributed by atoms with van der Waals surface area (Å²) in [5, 5.41) is 0. The summed E-state index contributed by atoms with van der Waals surface area (Å²) in [6.07, 6.45) is 0. The van der Waals surface area contributed by atoms with Gasteiger partial charge in [-0.3, -0.25) is 0 Å². The van der Waals surface area contributed by atoms with Gasteiger partial charge in [0, 0.05) is 0 Å². The third kappa shape index (κ3) is 1.16. The van der Waals surface area contributed by atoms with Crippen molar-refractivity contribution >= 4 is 0 Å². The molecule has 0 aliphatic heterocycles. The number of hydrogen-bond donors (Lipinski definition) is 0. The molecule has 2 radical (unpaired) electrons. The van der Waals surface area contributed by atoms with Gasteiger partial charge in [-0.1, -0.05) is 0 Å². The molecule has 1 aromatic rings. The predicted molar refractivity (Wildman–Crippen MR) is 54.3 cm³/mol. The molecule has 0 saturated carbocycles. The van der Waals surface area contributed by atoms with Crippen LogP contribution in [0.1, 0.15) is 33.4 Å². The first kappa shape index (κ1) is 9.31. The van der Waals surface area contributed by atoms with E-state index in [1.807, 2.05) is 0 Å². The summed E-state index contributed by atoms with van der Waals surface area (Å²) in [6, 6.07) is 0. The molecule has 0 fully saturated rings. The van der Waals surface area contributed by atoms with E-state index in [9.17, 15) is 0 Å². The number of rotatable bonds is 0. The average Bonchev–Trinajstić information content (AvgIpc) is 2.08. The van der Waals surface area contributed by atoms with Gasteiger partial charge >= 0.3 is 0 Å². The van der Waals surface area contributed by atoms with Gasteiger partial charge in [-0.15, -0.1) is 0 Å². The van der Waals surface area contributed by atoms with Crippen molar-refractivity contribution in [3.8, 4) is 0 Å². The van der Waals surface area contributed by atoms with Crippen LogP contribution in [0.15, 0.2) is 0 Å². The van der Waals surface area contributed by atoms with Crippen LogP contribution in [-0.4, -0.2) is 0 Å². The van der Waals surface area contributed by atoms with Crippen molar-refractivity contribution in [2.24, 2.45) is 0 Å². The Morgan fingerprint density at radius 3 is 1.08 bits per heavy atom. The van der Waals surface area contributed by atoms with Gasteiger partial charge in [-0.2, -0.15) is 0 Å².